The summed E-state index contributed by atoms with van der Waals surface area (Å²) in [6, 6.07) is 10.6. The molecule has 2 atom stereocenters. The van der Waals surface area contributed by atoms with E-state index in [0.717, 1.165) is 25.4 Å². The Hall–Kier alpha value is -0.860. The maximum absolute atomic E-state index is 6.11. The predicted molar refractivity (Wildman–Crippen MR) is 75.0 cm³/mol. The molecule has 1 aromatic carbocycles. The molecule has 0 spiro atoms. The second-order valence-corrected chi connectivity index (χ2v) is 5.33. The smallest absolute Gasteiger partial charge is 0.0206 e. The number of hydrogen-bond acceptors (Lipinski definition) is 2. The molecule has 17 heavy (non-hydrogen) atoms. The molecule has 0 saturated heterocycles. The zero-order valence-electron chi connectivity index (χ0n) is 11.3. The van der Waals surface area contributed by atoms with Crippen molar-refractivity contribution in [3.05, 3.63) is 35.9 Å². The standard InChI is InChI=1S/C15H26N2/c1-12(2)13(3)10-17-11-15(16)9-14-7-5-4-6-8-14/h4-8,12-13,15,17H,9-11,16H2,1-3H3. The van der Waals surface area contributed by atoms with Gasteiger partial charge in [-0.1, -0.05) is 51.1 Å². The number of hydrogen-bond donors (Lipinski definition) is 2. The highest BCUT2D eigenvalue weighted by molar-refractivity contribution is 5.15. The van der Waals surface area contributed by atoms with Crippen LogP contribution in [-0.4, -0.2) is 19.1 Å². The second kappa shape index (κ2) is 7.46. The van der Waals surface area contributed by atoms with Gasteiger partial charge in [-0.2, -0.15) is 0 Å². The first kappa shape index (κ1) is 14.2. The van der Waals surface area contributed by atoms with Crippen LogP contribution in [0.1, 0.15) is 26.3 Å². The van der Waals surface area contributed by atoms with Gasteiger partial charge in [0.05, 0.1) is 0 Å². The molecule has 0 aliphatic rings. The summed E-state index contributed by atoms with van der Waals surface area (Å²) in [6.45, 7) is 8.75. The molecule has 0 fully saturated rings. The van der Waals surface area contributed by atoms with Crippen LogP contribution in [0.15, 0.2) is 30.3 Å². The van der Waals surface area contributed by atoms with Gasteiger partial charge < -0.3 is 11.1 Å². The lowest BCUT2D eigenvalue weighted by Gasteiger charge is -2.18. The molecule has 0 aliphatic carbocycles. The number of nitrogens with two attached hydrogens (primary N) is 1. The van der Waals surface area contributed by atoms with Crippen LogP contribution in [0, 0.1) is 11.8 Å². The highest BCUT2D eigenvalue weighted by Gasteiger charge is 2.08. The molecular weight excluding hydrogens is 208 g/mol. The van der Waals surface area contributed by atoms with Gasteiger partial charge in [-0.25, -0.2) is 0 Å². The largest absolute Gasteiger partial charge is 0.326 e. The summed E-state index contributed by atoms with van der Waals surface area (Å²) in [4.78, 5) is 0. The van der Waals surface area contributed by atoms with E-state index in [-0.39, 0.29) is 6.04 Å². The van der Waals surface area contributed by atoms with Crippen molar-refractivity contribution in [2.75, 3.05) is 13.1 Å². The maximum atomic E-state index is 6.11. The Balaban J connectivity index is 2.20. The van der Waals surface area contributed by atoms with E-state index in [1.807, 2.05) is 6.07 Å². The minimum Gasteiger partial charge on any atom is -0.326 e. The lowest BCUT2D eigenvalue weighted by molar-refractivity contribution is 0.386. The normalized spacial score (nSPS) is 14.9. The van der Waals surface area contributed by atoms with E-state index in [1.54, 1.807) is 0 Å². The predicted octanol–water partition coefficient (Wildman–Crippen LogP) is 2.44. The van der Waals surface area contributed by atoms with Gasteiger partial charge in [0.1, 0.15) is 0 Å². The third-order valence-electron chi connectivity index (χ3n) is 3.35. The van der Waals surface area contributed by atoms with Crippen molar-refractivity contribution in [3.63, 3.8) is 0 Å². The van der Waals surface area contributed by atoms with Crippen molar-refractivity contribution in [1.82, 2.24) is 5.32 Å². The van der Waals surface area contributed by atoms with Gasteiger partial charge in [-0.05, 0) is 30.4 Å². The number of rotatable bonds is 7. The quantitative estimate of drug-likeness (QED) is 0.760. The van der Waals surface area contributed by atoms with E-state index < -0.39 is 0 Å². The van der Waals surface area contributed by atoms with E-state index in [9.17, 15) is 0 Å². The van der Waals surface area contributed by atoms with Crippen molar-refractivity contribution in [3.8, 4) is 0 Å². The minimum atomic E-state index is 0.205. The summed E-state index contributed by atoms with van der Waals surface area (Å²) < 4.78 is 0. The van der Waals surface area contributed by atoms with E-state index in [0.29, 0.717) is 5.92 Å². The lowest BCUT2D eigenvalue weighted by atomic mass is 9.98. The Morgan fingerprint density at radius 3 is 2.29 bits per heavy atom. The highest BCUT2D eigenvalue weighted by Crippen LogP contribution is 2.07. The molecule has 2 nitrogen and oxygen atoms in total. The van der Waals surface area contributed by atoms with Gasteiger partial charge in [-0.15, -0.1) is 0 Å². The Morgan fingerprint density at radius 1 is 1.06 bits per heavy atom. The van der Waals surface area contributed by atoms with Gasteiger partial charge in [0, 0.05) is 12.6 Å². The van der Waals surface area contributed by atoms with Gasteiger partial charge >= 0.3 is 0 Å². The van der Waals surface area contributed by atoms with Gasteiger partial charge in [-0.3, -0.25) is 0 Å². The van der Waals surface area contributed by atoms with Crippen LogP contribution in [0.4, 0.5) is 0 Å². The molecule has 1 rings (SSSR count). The summed E-state index contributed by atoms with van der Waals surface area (Å²) in [5.74, 6) is 1.44. The first-order valence-corrected chi connectivity index (χ1v) is 6.59. The van der Waals surface area contributed by atoms with E-state index in [4.69, 9.17) is 5.73 Å². The maximum Gasteiger partial charge on any atom is 0.0206 e. The van der Waals surface area contributed by atoms with Crippen molar-refractivity contribution in [2.45, 2.75) is 33.2 Å². The van der Waals surface area contributed by atoms with Gasteiger partial charge in [0.2, 0.25) is 0 Å². The molecule has 0 bridgehead atoms. The minimum absolute atomic E-state index is 0.205. The third-order valence-corrected chi connectivity index (χ3v) is 3.35. The lowest BCUT2D eigenvalue weighted by Crippen LogP contribution is -2.37. The van der Waals surface area contributed by atoms with Crippen molar-refractivity contribution < 1.29 is 0 Å². The summed E-state index contributed by atoms with van der Waals surface area (Å²) in [6.07, 6.45) is 0.948. The molecule has 96 valence electrons. The Morgan fingerprint density at radius 2 is 1.71 bits per heavy atom. The summed E-state index contributed by atoms with van der Waals surface area (Å²) in [7, 11) is 0. The van der Waals surface area contributed by atoms with Crippen LogP contribution in [0.3, 0.4) is 0 Å². The zero-order valence-corrected chi connectivity index (χ0v) is 11.3. The number of nitrogens with one attached hydrogen (secondary N) is 1. The molecule has 2 unspecified atom stereocenters. The van der Waals surface area contributed by atoms with E-state index in [1.165, 1.54) is 5.56 Å². The first-order valence-electron chi connectivity index (χ1n) is 6.59. The van der Waals surface area contributed by atoms with Crippen molar-refractivity contribution in [1.29, 1.82) is 0 Å². The summed E-state index contributed by atoms with van der Waals surface area (Å²) in [5, 5.41) is 3.46. The van der Waals surface area contributed by atoms with Crippen molar-refractivity contribution in [2.24, 2.45) is 17.6 Å². The summed E-state index contributed by atoms with van der Waals surface area (Å²) >= 11 is 0. The van der Waals surface area contributed by atoms with Gasteiger partial charge in [0.15, 0.2) is 0 Å². The Kier molecular flexibility index (Phi) is 6.23. The van der Waals surface area contributed by atoms with Crippen LogP contribution >= 0.6 is 0 Å². The molecule has 0 heterocycles. The first-order chi connectivity index (χ1) is 8.09. The SMILES string of the molecule is CC(C)C(C)CNCC(N)Cc1ccccc1. The molecule has 1 aromatic rings. The average Bonchev–Trinajstić information content (AvgIpc) is 2.30. The van der Waals surface area contributed by atoms with E-state index >= 15 is 0 Å². The Labute approximate surface area is 106 Å². The molecule has 3 N–H and O–H groups in total. The monoisotopic (exact) mass is 234 g/mol. The van der Waals surface area contributed by atoms with Crippen LogP contribution in [0.2, 0.25) is 0 Å². The molecule has 0 aliphatic heterocycles. The molecule has 0 amide bonds. The van der Waals surface area contributed by atoms with E-state index in [2.05, 4.69) is 50.4 Å². The molecule has 0 saturated carbocycles. The van der Waals surface area contributed by atoms with Crippen LogP contribution < -0.4 is 11.1 Å². The fourth-order valence-electron chi connectivity index (χ4n) is 1.72. The van der Waals surface area contributed by atoms with Crippen LogP contribution in [-0.2, 0) is 6.42 Å². The molecule has 0 aromatic heterocycles. The van der Waals surface area contributed by atoms with Crippen LogP contribution in [0.25, 0.3) is 0 Å². The van der Waals surface area contributed by atoms with Crippen molar-refractivity contribution >= 4 is 0 Å². The average molecular weight is 234 g/mol. The third kappa shape index (κ3) is 5.85. The van der Waals surface area contributed by atoms with Gasteiger partial charge in [0.25, 0.3) is 0 Å². The highest BCUT2D eigenvalue weighted by atomic mass is 14.9. The van der Waals surface area contributed by atoms with Crippen LogP contribution in [0.5, 0.6) is 0 Å². The summed E-state index contributed by atoms with van der Waals surface area (Å²) in [5.41, 5.74) is 7.42. The molecule has 0 radical (unpaired) electrons. The second-order valence-electron chi connectivity index (χ2n) is 5.33. The number of benzene rings is 1. The Bertz CT molecular complexity index is 295. The molecular formula is C15H26N2. The topological polar surface area (TPSA) is 38.0 Å². The fourth-order valence-corrected chi connectivity index (χ4v) is 1.72. The zero-order chi connectivity index (χ0) is 12.7. The molecule has 2 heteroatoms. The fraction of sp³-hybridized carbons (Fsp3) is 0.600.